The van der Waals surface area contributed by atoms with Crippen LogP contribution < -0.4 is 0 Å². The lowest BCUT2D eigenvalue weighted by Gasteiger charge is -2.37. The van der Waals surface area contributed by atoms with Gasteiger partial charge in [0.1, 0.15) is 0 Å². The first-order valence-corrected chi connectivity index (χ1v) is 6.86. The van der Waals surface area contributed by atoms with E-state index < -0.39 is 0 Å². The number of ether oxygens (including phenoxy) is 1. The minimum Gasteiger partial charge on any atom is -0.373 e. The summed E-state index contributed by atoms with van der Waals surface area (Å²) in [5.41, 5.74) is 0. The molecule has 1 aliphatic heterocycles. The molecule has 0 N–H and O–H groups in total. The molecule has 3 rings (SSSR count). The highest BCUT2D eigenvalue weighted by molar-refractivity contribution is 5.05. The van der Waals surface area contributed by atoms with Crippen LogP contribution in [0.25, 0.3) is 0 Å². The highest BCUT2D eigenvalue weighted by Crippen LogP contribution is 2.38. The molecule has 1 saturated carbocycles. The van der Waals surface area contributed by atoms with Gasteiger partial charge < -0.3 is 9.26 Å². The summed E-state index contributed by atoms with van der Waals surface area (Å²) in [6.45, 7) is 8.20. The zero-order chi connectivity index (χ0) is 12.7. The van der Waals surface area contributed by atoms with E-state index in [-0.39, 0.29) is 18.2 Å². The van der Waals surface area contributed by atoms with Crippen molar-refractivity contribution in [3.8, 4) is 0 Å². The highest BCUT2D eigenvalue weighted by atomic mass is 16.5. The maximum absolute atomic E-state index is 5.75. The van der Waals surface area contributed by atoms with Crippen LogP contribution in [0.2, 0.25) is 0 Å². The number of nitrogens with zero attached hydrogens (tertiary/aromatic N) is 3. The van der Waals surface area contributed by atoms with Gasteiger partial charge in [0.15, 0.2) is 5.82 Å². The normalized spacial score (nSPS) is 31.5. The van der Waals surface area contributed by atoms with Gasteiger partial charge in [0.2, 0.25) is 5.89 Å². The molecule has 1 aliphatic carbocycles. The van der Waals surface area contributed by atoms with Gasteiger partial charge in [-0.15, -0.1) is 0 Å². The monoisotopic (exact) mass is 251 g/mol. The molecule has 2 aliphatic rings. The SMILES string of the molecule is C[C@@H]1CN([C@H](C)c2nc(C3CC3)no2)C[C@@H](C)O1. The predicted octanol–water partition coefficient (Wildman–Crippen LogP) is 2.12. The van der Waals surface area contributed by atoms with Crippen molar-refractivity contribution in [2.75, 3.05) is 13.1 Å². The Kier molecular flexibility index (Phi) is 3.11. The number of rotatable bonds is 3. The molecule has 18 heavy (non-hydrogen) atoms. The Morgan fingerprint density at radius 2 is 1.89 bits per heavy atom. The molecular formula is C13H21N3O2. The van der Waals surface area contributed by atoms with Gasteiger partial charge in [0, 0.05) is 19.0 Å². The van der Waals surface area contributed by atoms with Gasteiger partial charge >= 0.3 is 0 Å². The van der Waals surface area contributed by atoms with Gasteiger partial charge in [-0.3, -0.25) is 4.90 Å². The molecule has 3 atom stereocenters. The molecule has 2 heterocycles. The summed E-state index contributed by atoms with van der Waals surface area (Å²) in [7, 11) is 0. The van der Waals surface area contributed by atoms with Crippen molar-refractivity contribution in [2.45, 2.75) is 57.8 Å². The molecule has 0 amide bonds. The van der Waals surface area contributed by atoms with Gasteiger partial charge in [-0.05, 0) is 33.6 Å². The number of aromatic nitrogens is 2. The first kappa shape index (κ1) is 12.1. The number of hydrogen-bond acceptors (Lipinski definition) is 5. The van der Waals surface area contributed by atoms with Crippen molar-refractivity contribution >= 4 is 0 Å². The van der Waals surface area contributed by atoms with Gasteiger partial charge in [0.25, 0.3) is 0 Å². The van der Waals surface area contributed by atoms with E-state index in [4.69, 9.17) is 9.26 Å². The minimum absolute atomic E-state index is 0.179. The zero-order valence-corrected chi connectivity index (χ0v) is 11.3. The van der Waals surface area contributed by atoms with Crippen molar-refractivity contribution in [1.29, 1.82) is 0 Å². The molecule has 2 fully saturated rings. The third kappa shape index (κ3) is 2.42. The summed E-state index contributed by atoms with van der Waals surface area (Å²) in [5, 5.41) is 4.09. The lowest BCUT2D eigenvalue weighted by Crippen LogP contribution is -2.46. The Morgan fingerprint density at radius 1 is 1.22 bits per heavy atom. The minimum atomic E-state index is 0.179. The van der Waals surface area contributed by atoms with Gasteiger partial charge in [-0.25, -0.2) is 0 Å². The standard InChI is InChI=1S/C13H21N3O2/c1-8-6-16(7-9(2)17-8)10(3)13-14-12(15-18-13)11-4-5-11/h8-11H,4-7H2,1-3H3/t8-,9-,10-/m1/s1. The van der Waals surface area contributed by atoms with E-state index in [1.807, 2.05) is 0 Å². The number of morpholine rings is 1. The van der Waals surface area contributed by atoms with Crippen LogP contribution in [0.4, 0.5) is 0 Å². The van der Waals surface area contributed by atoms with Crippen LogP contribution in [0.1, 0.15) is 57.3 Å². The number of hydrogen-bond donors (Lipinski definition) is 0. The van der Waals surface area contributed by atoms with Crippen LogP contribution in [-0.2, 0) is 4.74 Å². The van der Waals surface area contributed by atoms with Crippen LogP contribution >= 0.6 is 0 Å². The van der Waals surface area contributed by atoms with Crippen LogP contribution in [0.3, 0.4) is 0 Å². The van der Waals surface area contributed by atoms with E-state index in [9.17, 15) is 0 Å². The third-order valence-electron chi connectivity index (χ3n) is 3.75. The molecule has 0 aromatic carbocycles. The largest absolute Gasteiger partial charge is 0.373 e. The Balaban J connectivity index is 1.69. The summed E-state index contributed by atoms with van der Waals surface area (Å²) in [6.07, 6.45) is 2.95. The molecule has 0 spiro atoms. The van der Waals surface area contributed by atoms with Crippen molar-refractivity contribution in [2.24, 2.45) is 0 Å². The summed E-state index contributed by atoms with van der Waals surface area (Å²) in [6, 6.07) is 0.179. The molecule has 5 nitrogen and oxygen atoms in total. The Hall–Kier alpha value is -0.940. The van der Waals surface area contributed by atoms with Gasteiger partial charge in [-0.2, -0.15) is 4.98 Å². The lowest BCUT2D eigenvalue weighted by atomic mass is 10.2. The fraction of sp³-hybridized carbons (Fsp3) is 0.846. The molecular weight excluding hydrogens is 230 g/mol. The average Bonchev–Trinajstić information content (AvgIpc) is 3.05. The Morgan fingerprint density at radius 3 is 2.50 bits per heavy atom. The first-order chi connectivity index (χ1) is 8.63. The summed E-state index contributed by atoms with van der Waals surface area (Å²) in [5.74, 6) is 2.20. The molecule has 0 radical (unpaired) electrons. The quantitative estimate of drug-likeness (QED) is 0.823. The molecule has 0 bridgehead atoms. The molecule has 100 valence electrons. The molecule has 1 saturated heterocycles. The van der Waals surface area contributed by atoms with Crippen molar-refractivity contribution in [3.05, 3.63) is 11.7 Å². The van der Waals surface area contributed by atoms with Crippen molar-refractivity contribution in [1.82, 2.24) is 15.0 Å². The zero-order valence-electron chi connectivity index (χ0n) is 11.3. The maximum Gasteiger partial charge on any atom is 0.243 e. The van der Waals surface area contributed by atoms with Crippen molar-refractivity contribution in [3.63, 3.8) is 0 Å². The predicted molar refractivity (Wildman–Crippen MR) is 66.3 cm³/mol. The van der Waals surface area contributed by atoms with E-state index in [0.717, 1.165) is 24.8 Å². The van der Waals surface area contributed by atoms with Crippen LogP contribution in [0, 0.1) is 0 Å². The molecule has 0 unspecified atom stereocenters. The molecule has 5 heteroatoms. The second-order valence-electron chi connectivity index (χ2n) is 5.65. The van der Waals surface area contributed by atoms with Crippen LogP contribution in [0.5, 0.6) is 0 Å². The Labute approximate surface area is 107 Å². The Bertz CT molecular complexity index is 406. The highest BCUT2D eigenvalue weighted by Gasteiger charge is 2.32. The summed E-state index contributed by atoms with van der Waals surface area (Å²) in [4.78, 5) is 6.90. The summed E-state index contributed by atoms with van der Waals surface area (Å²) < 4.78 is 11.2. The van der Waals surface area contributed by atoms with E-state index in [2.05, 4.69) is 35.8 Å². The van der Waals surface area contributed by atoms with E-state index in [0.29, 0.717) is 5.92 Å². The van der Waals surface area contributed by atoms with Gasteiger partial charge in [-0.1, -0.05) is 5.16 Å². The fourth-order valence-corrected chi connectivity index (χ4v) is 2.61. The van der Waals surface area contributed by atoms with E-state index in [1.54, 1.807) is 0 Å². The first-order valence-electron chi connectivity index (χ1n) is 6.86. The lowest BCUT2D eigenvalue weighted by molar-refractivity contribution is -0.0818. The maximum atomic E-state index is 5.75. The van der Waals surface area contributed by atoms with Crippen molar-refractivity contribution < 1.29 is 9.26 Å². The average molecular weight is 251 g/mol. The molecule has 1 aromatic rings. The van der Waals surface area contributed by atoms with Crippen LogP contribution in [-0.4, -0.2) is 40.3 Å². The summed E-state index contributed by atoms with van der Waals surface area (Å²) >= 11 is 0. The van der Waals surface area contributed by atoms with Gasteiger partial charge in [0.05, 0.1) is 18.2 Å². The smallest absolute Gasteiger partial charge is 0.243 e. The molecule has 1 aromatic heterocycles. The van der Waals surface area contributed by atoms with E-state index >= 15 is 0 Å². The second-order valence-corrected chi connectivity index (χ2v) is 5.65. The topological polar surface area (TPSA) is 51.4 Å². The van der Waals surface area contributed by atoms with Crippen LogP contribution in [0.15, 0.2) is 4.52 Å². The second kappa shape index (κ2) is 4.63. The third-order valence-corrected chi connectivity index (χ3v) is 3.75. The van der Waals surface area contributed by atoms with E-state index in [1.165, 1.54) is 12.8 Å². The fourth-order valence-electron chi connectivity index (χ4n) is 2.61.